The highest BCUT2D eigenvalue weighted by Crippen LogP contribution is 2.29. The molecule has 1 aliphatic carbocycles. The SMILES string of the molecule is CC(NCC(O)COc1cccc(Br)c1)C1CCC1. The molecule has 2 rings (SSSR count). The van der Waals surface area contributed by atoms with E-state index in [1.165, 1.54) is 19.3 Å². The number of ether oxygens (including phenoxy) is 1. The summed E-state index contributed by atoms with van der Waals surface area (Å²) in [6.45, 7) is 3.11. The van der Waals surface area contributed by atoms with Crippen molar-refractivity contribution in [1.29, 1.82) is 0 Å². The maximum atomic E-state index is 9.90. The second kappa shape index (κ2) is 7.27. The molecule has 106 valence electrons. The lowest BCUT2D eigenvalue weighted by Crippen LogP contribution is -2.42. The summed E-state index contributed by atoms with van der Waals surface area (Å²) in [5.74, 6) is 1.57. The van der Waals surface area contributed by atoms with Gasteiger partial charge in [-0.05, 0) is 43.9 Å². The van der Waals surface area contributed by atoms with Crippen molar-refractivity contribution in [1.82, 2.24) is 5.32 Å². The van der Waals surface area contributed by atoms with Crippen molar-refractivity contribution in [3.8, 4) is 5.75 Å². The smallest absolute Gasteiger partial charge is 0.120 e. The number of nitrogens with one attached hydrogen (secondary N) is 1. The lowest BCUT2D eigenvalue weighted by Gasteiger charge is -2.32. The second-order valence-corrected chi connectivity index (χ2v) is 6.23. The van der Waals surface area contributed by atoms with Gasteiger partial charge in [-0.1, -0.05) is 28.4 Å². The fourth-order valence-corrected chi connectivity index (χ4v) is 2.61. The molecule has 1 aromatic rings. The van der Waals surface area contributed by atoms with Crippen molar-refractivity contribution >= 4 is 15.9 Å². The molecule has 0 spiro atoms. The predicted molar refractivity (Wildman–Crippen MR) is 80.4 cm³/mol. The Morgan fingerprint density at radius 2 is 2.26 bits per heavy atom. The predicted octanol–water partition coefficient (Wildman–Crippen LogP) is 2.97. The zero-order valence-corrected chi connectivity index (χ0v) is 12.9. The zero-order valence-electron chi connectivity index (χ0n) is 11.3. The van der Waals surface area contributed by atoms with E-state index in [0.717, 1.165) is 16.1 Å². The lowest BCUT2D eigenvalue weighted by molar-refractivity contribution is 0.0981. The number of aliphatic hydroxyl groups is 1. The van der Waals surface area contributed by atoms with Crippen molar-refractivity contribution in [3.05, 3.63) is 28.7 Å². The van der Waals surface area contributed by atoms with Crippen LogP contribution in [0.1, 0.15) is 26.2 Å². The van der Waals surface area contributed by atoms with Gasteiger partial charge < -0.3 is 15.2 Å². The molecule has 2 unspecified atom stereocenters. The van der Waals surface area contributed by atoms with Crippen molar-refractivity contribution in [2.24, 2.45) is 5.92 Å². The van der Waals surface area contributed by atoms with Gasteiger partial charge in [0.25, 0.3) is 0 Å². The fourth-order valence-electron chi connectivity index (χ4n) is 2.24. The molecule has 0 saturated heterocycles. The van der Waals surface area contributed by atoms with Crippen LogP contribution < -0.4 is 10.1 Å². The van der Waals surface area contributed by atoms with Gasteiger partial charge in [0.05, 0.1) is 0 Å². The first-order valence-electron chi connectivity index (χ1n) is 6.95. The molecule has 19 heavy (non-hydrogen) atoms. The topological polar surface area (TPSA) is 41.5 Å². The van der Waals surface area contributed by atoms with Gasteiger partial charge in [0, 0.05) is 17.1 Å². The van der Waals surface area contributed by atoms with Crippen LogP contribution in [-0.2, 0) is 0 Å². The summed E-state index contributed by atoms with van der Waals surface area (Å²) in [6.07, 6.45) is 3.52. The molecule has 0 heterocycles. The van der Waals surface area contributed by atoms with E-state index in [2.05, 4.69) is 28.2 Å². The van der Waals surface area contributed by atoms with Crippen LogP contribution in [0, 0.1) is 5.92 Å². The quantitative estimate of drug-likeness (QED) is 0.809. The third-order valence-corrected chi connectivity index (χ3v) is 4.26. The van der Waals surface area contributed by atoms with Gasteiger partial charge in [0.15, 0.2) is 0 Å². The number of benzene rings is 1. The van der Waals surface area contributed by atoms with Crippen LogP contribution in [-0.4, -0.2) is 30.4 Å². The average molecular weight is 328 g/mol. The lowest BCUT2D eigenvalue weighted by atomic mass is 9.80. The van der Waals surface area contributed by atoms with Crippen molar-refractivity contribution in [2.75, 3.05) is 13.2 Å². The maximum absolute atomic E-state index is 9.90. The van der Waals surface area contributed by atoms with E-state index in [9.17, 15) is 5.11 Å². The fraction of sp³-hybridized carbons (Fsp3) is 0.600. The monoisotopic (exact) mass is 327 g/mol. The first-order valence-corrected chi connectivity index (χ1v) is 7.74. The summed E-state index contributed by atoms with van der Waals surface area (Å²) in [5, 5.41) is 13.3. The Balaban J connectivity index is 1.65. The Hall–Kier alpha value is -0.580. The van der Waals surface area contributed by atoms with Crippen LogP contribution in [0.15, 0.2) is 28.7 Å². The molecular weight excluding hydrogens is 306 g/mol. The Bertz CT molecular complexity index is 395. The van der Waals surface area contributed by atoms with Gasteiger partial charge in [0.1, 0.15) is 18.5 Å². The molecule has 4 heteroatoms. The molecule has 0 amide bonds. The Labute approximate surface area is 123 Å². The molecule has 1 aromatic carbocycles. The van der Waals surface area contributed by atoms with Crippen molar-refractivity contribution in [3.63, 3.8) is 0 Å². The molecule has 2 N–H and O–H groups in total. The van der Waals surface area contributed by atoms with Gasteiger partial charge in [-0.2, -0.15) is 0 Å². The molecule has 0 aliphatic heterocycles. The molecule has 2 atom stereocenters. The van der Waals surface area contributed by atoms with E-state index in [-0.39, 0.29) is 0 Å². The molecule has 0 aromatic heterocycles. The summed E-state index contributed by atoms with van der Waals surface area (Å²) in [6, 6.07) is 8.15. The highest BCUT2D eigenvalue weighted by Gasteiger charge is 2.23. The highest BCUT2D eigenvalue weighted by molar-refractivity contribution is 9.10. The van der Waals surface area contributed by atoms with E-state index in [1.54, 1.807) is 0 Å². The molecular formula is C15H22BrNO2. The molecule has 0 radical (unpaired) electrons. The van der Waals surface area contributed by atoms with Crippen LogP contribution in [0.2, 0.25) is 0 Å². The molecule has 1 saturated carbocycles. The standard InChI is InChI=1S/C15H22BrNO2/c1-11(12-4-2-5-12)17-9-14(18)10-19-15-7-3-6-13(16)8-15/h3,6-8,11-12,14,17-18H,2,4-5,9-10H2,1H3. The van der Waals surface area contributed by atoms with Gasteiger partial charge in [0.2, 0.25) is 0 Å². The van der Waals surface area contributed by atoms with Crippen molar-refractivity contribution < 1.29 is 9.84 Å². The van der Waals surface area contributed by atoms with E-state index >= 15 is 0 Å². The number of rotatable bonds is 7. The Morgan fingerprint density at radius 3 is 2.89 bits per heavy atom. The van der Waals surface area contributed by atoms with E-state index in [4.69, 9.17) is 4.74 Å². The zero-order chi connectivity index (χ0) is 13.7. The van der Waals surface area contributed by atoms with Gasteiger partial charge in [-0.15, -0.1) is 0 Å². The molecule has 0 bridgehead atoms. The van der Waals surface area contributed by atoms with E-state index < -0.39 is 6.10 Å². The van der Waals surface area contributed by atoms with Crippen LogP contribution in [0.25, 0.3) is 0 Å². The van der Waals surface area contributed by atoms with Crippen LogP contribution in [0.5, 0.6) is 5.75 Å². The first-order chi connectivity index (χ1) is 9.15. The summed E-state index contributed by atoms with van der Waals surface area (Å²) >= 11 is 3.39. The third kappa shape index (κ3) is 4.79. The van der Waals surface area contributed by atoms with E-state index in [0.29, 0.717) is 19.2 Å². The van der Waals surface area contributed by atoms with Crippen LogP contribution in [0.4, 0.5) is 0 Å². The number of hydrogen-bond donors (Lipinski definition) is 2. The maximum Gasteiger partial charge on any atom is 0.120 e. The van der Waals surface area contributed by atoms with Gasteiger partial charge in [-0.25, -0.2) is 0 Å². The van der Waals surface area contributed by atoms with Crippen molar-refractivity contribution in [2.45, 2.75) is 38.3 Å². The number of hydrogen-bond acceptors (Lipinski definition) is 3. The van der Waals surface area contributed by atoms with Crippen LogP contribution >= 0.6 is 15.9 Å². The third-order valence-electron chi connectivity index (χ3n) is 3.77. The first kappa shape index (κ1) is 14.8. The average Bonchev–Trinajstić information content (AvgIpc) is 2.32. The minimum atomic E-state index is -0.471. The summed E-state index contributed by atoms with van der Waals surface area (Å²) in [4.78, 5) is 0. The summed E-state index contributed by atoms with van der Waals surface area (Å²) < 4.78 is 6.54. The number of halogens is 1. The minimum absolute atomic E-state index is 0.320. The normalized spacial score (nSPS) is 18.7. The minimum Gasteiger partial charge on any atom is -0.491 e. The molecule has 1 aliphatic rings. The highest BCUT2D eigenvalue weighted by atomic mass is 79.9. The molecule has 3 nitrogen and oxygen atoms in total. The summed E-state index contributed by atoms with van der Waals surface area (Å²) in [7, 11) is 0. The summed E-state index contributed by atoms with van der Waals surface area (Å²) in [5.41, 5.74) is 0. The van der Waals surface area contributed by atoms with Gasteiger partial charge >= 0.3 is 0 Å². The Kier molecular flexibility index (Phi) is 5.67. The number of aliphatic hydroxyl groups excluding tert-OH is 1. The molecule has 1 fully saturated rings. The van der Waals surface area contributed by atoms with E-state index in [1.807, 2.05) is 24.3 Å². The largest absolute Gasteiger partial charge is 0.491 e. The second-order valence-electron chi connectivity index (χ2n) is 5.31. The van der Waals surface area contributed by atoms with Crippen LogP contribution in [0.3, 0.4) is 0 Å². The van der Waals surface area contributed by atoms with Gasteiger partial charge in [-0.3, -0.25) is 0 Å². The Morgan fingerprint density at radius 1 is 1.47 bits per heavy atom.